The molecule has 0 aliphatic carbocycles. The van der Waals surface area contributed by atoms with Crippen molar-refractivity contribution in [2.45, 2.75) is 19.8 Å². The highest BCUT2D eigenvalue weighted by Gasteiger charge is 2.22. The Morgan fingerprint density at radius 3 is 2.71 bits per heavy atom. The lowest BCUT2D eigenvalue weighted by atomic mass is 10.1. The highest BCUT2D eigenvalue weighted by Crippen LogP contribution is 2.36. The normalized spacial score (nSPS) is 14.5. The Morgan fingerprint density at radius 2 is 1.96 bits per heavy atom. The highest BCUT2D eigenvalue weighted by molar-refractivity contribution is 5.82. The van der Waals surface area contributed by atoms with Crippen molar-refractivity contribution >= 4 is 22.5 Å². The number of anilines is 1. The van der Waals surface area contributed by atoms with E-state index in [1.54, 1.807) is 18.2 Å². The fraction of sp³-hybridized carbons (Fsp3) is 0.278. The van der Waals surface area contributed by atoms with E-state index in [2.05, 4.69) is 9.88 Å². The minimum absolute atomic E-state index is 0.0476. The maximum absolute atomic E-state index is 11.2. The average molecular weight is 323 g/mol. The van der Waals surface area contributed by atoms with Gasteiger partial charge in [0.15, 0.2) is 5.58 Å². The molecule has 6 heteroatoms. The molecule has 24 heavy (non-hydrogen) atoms. The molecule has 0 unspecified atom stereocenters. The van der Waals surface area contributed by atoms with Gasteiger partial charge < -0.3 is 9.32 Å². The van der Waals surface area contributed by atoms with Crippen LogP contribution >= 0.6 is 0 Å². The molecule has 0 saturated carbocycles. The first-order valence-corrected chi connectivity index (χ1v) is 8.03. The van der Waals surface area contributed by atoms with Gasteiger partial charge in [-0.1, -0.05) is 6.07 Å². The number of nitrogens with zero attached hydrogens (tertiary/aromatic N) is 3. The monoisotopic (exact) mass is 323 g/mol. The van der Waals surface area contributed by atoms with E-state index in [-0.39, 0.29) is 10.6 Å². The van der Waals surface area contributed by atoms with Gasteiger partial charge in [0.2, 0.25) is 5.89 Å². The zero-order chi connectivity index (χ0) is 16.7. The topological polar surface area (TPSA) is 72.4 Å². The lowest BCUT2D eigenvalue weighted by Gasteiger charge is -2.19. The fourth-order valence-electron chi connectivity index (χ4n) is 3.20. The third-order valence-electron chi connectivity index (χ3n) is 4.41. The Morgan fingerprint density at radius 1 is 1.17 bits per heavy atom. The number of nitro groups is 1. The van der Waals surface area contributed by atoms with E-state index in [1.165, 1.54) is 0 Å². The molecule has 0 bridgehead atoms. The molecule has 0 amide bonds. The summed E-state index contributed by atoms with van der Waals surface area (Å²) < 4.78 is 5.88. The number of hydrogen-bond donors (Lipinski definition) is 0. The predicted octanol–water partition coefficient (Wildman–Crippen LogP) is 4.31. The second kappa shape index (κ2) is 5.63. The molecule has 1 aliphatic rings. The van der Waals surface area contributed by atoms with Gasteiger partial charge in [0.05, 0.1) is 10.5 Å². The Bertz CT molecular complexity index is 926. The molecule has 122 valence electrons. The lowest BCUT2D eigenvalue weighted by molar-refractivity contribution is -0.384. The number of hydrogen-bond acceptors (Lipinski definition) is 5. The SMILES string of the molecule is Cc1ccc2oc(-c3cc([N+](=O)[O-])ccc3N3CCCC3)nc2c1. The molecule has 1 saturated heterocycles. The molecule has 0 radical (unpaired) electrons. The minimum atomic E-state index is -0.385. The third-order valence-corrected chi connectivity index (χ3v) is 4.41. The number of nitro benzene ring substituents is 1. The highest BCUT2D eigenvalue weighted by atomic mass is 16.6. The molecular formula is C18H17N3O3. The van der Waals surface area contributed by atoms with Gasteiger partial charge in [-0.3, -0.25) is 10.1 Å². The minimum Gasteiger partial charge on any atom is -0.436 e. The van der Waals surface area contributed by atoms with E-state index in [4.69, 9.17) is 4.42 Å². The number of fused-ring (bicyclic) bond motifs is 1. The number of aryl methyl sites for hydroxylation is 1. The van der Waals surface area contributed by atoms with E-state index in [0.29, 0.717) is 17.0 Å². The van der Waals surface area contributed by atoms with Gasteiger partial charge >= 0.3 is 0 Å². The molecule has 1 aromatic heterocycles. The fourth-order valence-corrected chi connectivity index (χ4v) is 3.20. The standard InChI is InChI=1S/C18H17N3O3/c1-12-4-7-17-15(10-12)19-18(24-17)14-11-13(21(22)23)5-6-16(14)20-8-2-3-9-20/h4-7,10-11H,2-3,8-9H2,1H3. The number of rotatable bonds is 3. The Balaban J connectivity index is 1.89. The van der Waals surface area contributed by atoms with Crippen molar-refractivity contribution in [3.05, 3.63) is 52.1 Å². The molecule has 1 fully saturated rings. The van der Waals surface area contributed by atoms with Crippen molar-refractivity contribution in [2.75, 3.05) is 18.0 Å². The van der Waals surface area contributed by atoms with Crippen LogP contribution in [0.5, 0.6) is 0 Å². The van der Waals surface area contributed by atoms with Crippen molar-refractivity contribution < 1.29 is 9.34 Å². The van der Waals surface area contributed by atoms with Gasteiger partial charge in [0.25, 0.3) is 5.69 Å². The first kappa shape index (κ1) is 14.7. The van der Waals surface area contributed by atoms with Crippen LogP contribution in [-0.4, -0.2) is 23.0 Å². The summed E-state index contributed by atoms with van der Waals surface area (Å²) >= 11 is 0. The largest absolute Gasteiger partial charge is 0.436 e. The Kier molecular flexibility index (Phi) is 3.45. The predicted molar refractivity (Wildman–Crippen MR) is 92.3 cm³/mol. The van der Waals surface area contributed by atoms with Crippen LogP contribution in [0.15, 0.2) is 40.8 Å². The quantitative estimate of drug-likeness (QED) is 0.530. The van der Waals surface area contributed by atoms with Crippen molar-refractivity contribution in [3.8, 4) is 11.5 Å². The van der Waals surface area contributed by atoms with Crippen molar-refractivity contribution in [3.63, 3.8) is 0 Å². The van der Waals surface area contributed by atoms with Crippen LogP contribution in [0.2, 0.25) is 0 Å². The third kappa shape index (κ3) is 2.50. The maximum Gasteiger partial charge on any atom is 0.270 e. The summed E-state index contributed by atoms with van der Waals surface area (Å²) in [5.41, 5.74) is 4.23. The zero-order valence-corrected chi connectivity index (χ0v) is 13.4. The van der Waals surface area contributed by atoms with E-state index in [9.17, 15) is 10.1 Å². The second-order valence-electron chi connectivity index (χ2n) is 6.14. The first-order chi connectivity index (χ1) is 11.6. The van der Waals surface area contributed by atoms with Crippen molar-refractivity contribution in [1.29, 1.82) is 0 Å². The van der Waals surface area contributed by atoms with Crippen molar-refractivity contribution in [1.82, 2.24) is 4.98 Å². The maximum atomic E-state index is 11.2. The van der Waals surface area contributed by atoms with Crippen LogP contribution in [0.1, 0.15) is 18.4 Å². The van der Waals surface area contributed by atoms with Crippen molar-refractivity contribution in [2.24, 2.45) is 0 Å². The van der Waals surface area contributed by atoms with Crippen LogP contribution in [0.4, 0.5) is 11.4 Å². The van der Waals surface area contributed by atoms with E-state index in [0.717, 1.165) is 42.7 Å². The molecule has 3 aromatic rings. The van der Waals surface area contributed by atoms with Gasteiger partial charge in [0.1, 0.15) is 5.52 Å². The lowest BCUT2D eigenvalue weighted by Crippen LogP contribution is -2.18. The smallest absolute Gasteiger partial charge is 0.270 e. The summed E-state index contributed by atoms with van der Waals surface area (Å²) in [4.78, 5) is 17.6. The molecule has 6 nitrogen and oxygen atoms in total. The number of aromatic nitrogens is 1. The molecule has 2 aromatic carbocycles. The summed E-state index contributed by atoms with van der Waals surface area (Å²) in [6, 6.07) is 10.7. The number of non-ortho nitro benzene ring substituents is 1. The Hall–Kier alpha value is -2.89. The molecule has 0 spiro atoms. The van der Waals surface area contributed by atoms with Gasteiger partial charge in [-0.05, 0) is 43.5 Å². The van der Waals surface area contributed by atoms with Crippen LogP contribution in [-0.2, 0) is 0 Å². The van der Waals surface area contributed by atoms with Crippen LogP contribution in [0.25, 0.3) is 22.6 Å². The zero-order valence-electron chi connectivity index (χ0n) is 13.4. The van der Waals surface area contributed by atoms with Crippen LogP contribution in [0, 0.1) is 17.0 Å². The van der Waals surface area contributed by atoms with Gasteiger partial charge in [-0.25, -0.2) is 4.98 Å². The summed E-state index contributed by atoms with van der Waals surface area (Å²) in [5.74, 6) is 0.432. The van der Waals surface area contributed by atoms with E-state index in [1.807, 2.05) is 25.1 Å². The van der Waals surface area contributed by atoms with Crippen LogP contribution < -0.4 is 4.90 Å². The number of oxazole rings is 1. The van der Waals surface area contributed by atoms with Crippen LogP contribution in [0.3, 0.4) is 0 Å². The molecule has 0 atom stereocenters. The summed E-state index contributed by atoms with van der Waals surface area (Å²) in [6.45, 7) is 3.89. The summed E-state index contributed by atoms with van der Waals surface area (Å²) in [5, 5.41) is 11.2. The van der Waals surface area contributed by atoms with Gasteiger partial charge in [-0.15, -0.1) is 0 Å². The molecular weight excluding hydrogens is 306 g/mol. The second-order valence-corrected chi connectivity index (χ2v) is 6.14. The molecule has 2 heterocycles. The van der Waals surface area contributed by atoms with Gasteiger partial charge in [-0.2, -0.15) is 0 Å². The van der Waals surface area contributed by atoms with E-state index < -0.39 is 0 Å². The number of benzene rings is 2. The average Bonchev–Trinajstić information content (AvgIpc) is 3.23. The molecule has 0 N–H and O–H groups in total. The summed E-state index contributed by atoms with van der Waals surface area (Å²) in [7, 11) is 0. The molecule has 1 aliphatic heterocycles. The summed E-state index contributed by atoms with van der Waals surface area (Å²) in [6.07, 6.45) is 2.26. The molecule has 4 rings (SSSR count). The Labute approximate surface area is 138 Å². The van der Waals surface area contributed by atoms with E-state index >= 15 is 0 Å². The van der Waals surface area contributed by atoms with Gasteiger partial charge in [0, 0.05) is 30.9 Å². The first-order valence-electron chi connectivity index (χ1n) is 8.03.